The van der Waals surface area contributed by atoms with E-state index >= 15 is 0 Å². The van der Waals surface area contributed by atoms with E-state index in [0.29, 0.717) is 5.75 Å². The van der Waals surface area contributed by atoms with Gasteiger partial charge >= 0.3 is 0 Å². The molecule has 0 bridgehead atoms. The second kappa shape index (κ2) is 6.35. The molecule has 0 amide bonds. The number of fused-ring (bicyclic) bond motifs is 3. The van der Waals surface area contributed by atoms with Crippen LogP contribution in [-0.4, -0.2) is 5.11 Å². The summed E-state index contributed by atoms with van der Waals surface area (Å²) in [5, 5.41) is 12.0. The van der Waals surface area contributed by atoms with Gasteiger partial charge < -0.3 is 9.84 Å². The van der Waals surface area contributed by atoms with E-state index < -0.39 is 0 Å². The molecule has 2 nitrogen and oxygen atoms in total. The smallest absolute Gasteiger partial charge is 0.131 e. The van der Waals surface area contributed by atoms with Crippen LogP contribution in [0.1, 0.15) is 52.5 Å². The van der Waals surface area contributed by atoms with E-state index in [4.69, 9.17) is 4.74 Å². The van der Waals surface area contributed by atoms with Gasteiger partial charge in [0, 0.05) is 12.0 Å². The molecule has 0 atom stereocenters. The van der Waals surface area contributed by atoms with Crippen molar-refractivity contribution in [3.8, 4) is 11.5 Å². The van der Waals surface area contributed by atoms with Crippen LogP contribution in [0.5, 0.6) is 11.5 Å². The number of phenolic OH excluding ortho intramolecular Hbond substituents is 1. The third-order valence-corrected chi connectivity index (χ3v) is 4.93. The summed E-state index contributed by atoms with van der Waals surface area (Å²) in [5.41, 5.74) is 2.59. The quantitative estimate of drug-likeness (QED) is 0.673. The molecule has 0 radical (unpaired) electrons. The van der Waals surface area contributed by atoms with Crippen LogP contribution in [0, 0.1) is 0 Å². The van der Waals surface area contributed by atoms with Gasteiger partial charge in [-0.1, -0.05) is 44.6 Å². The number of allylic oxidation sites excluding steroid dienone is 4. The summed E-state index contributed by atoms with van der Waals surface area (Å²) in [6, 6.07) is 9.68. The molecule has 0 unspecified atom stereocenters. The van der Waals surface area contributed by atoms with E-state index in [0.717, 1.165) is 41.5 Å². The average molecular weight is 322 g/mol. The molecule has 24 heavy (non-hydrogen) atoms. The molecule has 2 aromatic carbocycles. The van der Waals surface area contributed by atoms with Crippen LogP contribution < -0.4 is 4.74 Å². The first-order valence-corrected chi connectivity index (χ1v) is 8.71. The second-order valence-electron chi connectivity index (χ2n) is 7.33. The first-order chi connectivity index (χ1) is 11.4. The molecule has 0 spiro atoms. The predicted octanol–water partition coefficient (Wildman–Crippen LogP) is 6.24. The number of hydrogen-bond donors (Lipinski definition) is 1. The maximum Gasteiger partial charge on any atom is 0.131 e. The van der Waals surface area contributed by atoms with Crippen molar-refractivity contribution < 1.29 is 9.84 Å². The number of rotatable bonds is 1. The Balaban J connectivity index is 2.26. The van der Waals surface area contributed by atoms with Crippen LogP contribution in [0.3, 0.4) is 0 Å². The van der Waals surface area contributed by atoms with Crippen LogP contribution in [0.4, 0.5) is 0 Å². The summed E-state index contributed by atoms with van der Waals surface area (Å²) in [5.74, 6) is 2.21. The van der Waals surface area contributed by atoms with Crippen molar-refractivity contribution in [2.45, 2.75) is 52.4 Å². The molecule has 0 fully saturated rings. The molecule has 2 aromatic rings. The molecule has 3 rings (SSSR count). The van der Waals surface area contributed by atoms with E-state index in [1.54, 1.807) is 6.07 Å². The van der Waals surface area contributed by atoms with Gasteiger partial charge in [0.1, 0.15) is 17.3 Å². The van der Waals surface area contributed by atoms with E-state index in [9.17, 15) is 5.11 Å². The molecule has 0 saturated heterocycles. The Labute approximate surface area is 144 Å². The van der Waals surface area contributed by atoms with Crippen LogP contribution in [0.25, 0.3) is 10.8 Å². The average Bonchev–Trinajstić information content (AvgIpc) is 2.55. The normalized spacial score (nSPS) is 21.8. The molecule has 1 aliphatic heterocycles. The molecule has 1 N–H and O–H groups in total. The molecular formula is C22H26O2. The van der Waals surface area contributed by atoms with Gasteiger partial charge in [0.25, 0.3) is 0 Å². The summed E-state index contributed by atoms with van der Waals surface area (Å²) < 4.78 is 6.30. The van der Waals surface area contributed by atoms with Crippen LogP contribution in [0.15, 0.2) is 53.8 Å². The fourth-order valence-electron chi connectivity index (χ4n) is 3.40. The Kier molecular flexibility index (Phi) is 4.40. The van der Waals surface area contributed by atoms with E-state index in [2.05, 4.69) is 39.8 Å². The highest BCUT2D eigenvalue weighted by molar-refractivity contribution is 5.90. The highest BCUT2D eigenvalue weighted by Gasteiger charge is 2.27. The topological polar surface area (TPSA) is 29.5 Å². The highest BCUT2D eigenvalue weighted by atomic mass is 16.5. The third-order valence-electron chi connectivity index (χ3n) is 4.93. The maximum atomic E-state index is 9.81. The zero-order valence-corrected chi connectivity index (χ0v) is 15.0. The summed E-state index contributed by atoms with van der Waals surface area (Å²) >= 11 is 0. The zero-order chi connectivity index (χ0) is 17.3. The van der Waals surface area contributed by atoms with Crippen LogP contribution >= 0.6 is 0 Å². The number of hydrogen-bond acceptors (Lipinski definition) is 2. The van der Waals surface area contributed by atoms with Gasteiger partial charge in [0.2, 0.25) is 0 Å². The molecule has 0 aliphatic carbocycles. The molecule has 126 valence electrons. The van der Waals surface area contributed by atoms with Crippen molar-refractivity contribution in [2.75, 3.05) is 0 Å². The minimum Gasteiger partial charge on any atom is -0.508 e. The lowest BCUT2D eigenvalue weighted by atomic mass is 9.76. The number of phenols is 1. The SMILES string of the molecule is CC/C1=C\C=C(/C)CCC(C)(C)c2c(ccc3cc(O)ccc23)O1. The Morgan fingerprint density at radius 3 is 2.67 bits per heavy atom. The number of ether oxygens (including phenoxy) is 1. The summed E-state index contributed by atoms with van der Waals surface area (Å²) in [6.07, 6.45) is 7.25. The maximum absolute atomic E-state index is 9.81. The Hall–Kier alpha value is -2.22. The minimum absolute atomic E-state index is 0.0168. The van der Waals surface area contributed by atoms with Crippen LogP contribution in [0.2, 0.25) is 0 Å². The van der Waals surface area contributed by atoms with Gasteiger partial charge in [-0.25, -0.2) is 0 Å². The van der Waals surface area contributed by atoms with Crippen molar-refractivity contribution in [1.29, 1.82) is 0 Å². The van der Waals surface area contributed by atoms with Gasteiger partial charge in [-0.2, -0.15) is 0 Å². The zero-order valence-electron chi connectivity index (χ0n) is 15.0. The van der Waals surface area contributed by atoms with Gasteiger partial charge in [0.05, 0.1) is 0 Å². The van der Waals surface area contributed by atoms with Gasteiger partial charge in [-0.3, -0.25) is 0 Å². The molecule has 1 aliphatic rings. The minimum atomic E-state index is -0.0168. The molecule has 0 aromatic heterocycles. The van der Waals surface area contributed by atoms with E-state index in [-0.39, 0.29) is 5.41 Å². The van der Waals surface area contributed by atoms with Gasteiger partial charge in [0.15, 0.2) is 0 Å². The lowest BCUT2D eigenvalue weighted by Gasteiger charge is -2.30. The summed E-state index contributed by atoms with van der Waals surface area (Å²) in [7, 11) is 0. The molecule has 1 heterocycles. The third kappa shape index (κ3) is 3.19. The summed E-state index contributed by atoms with van der Waals surface area (Å²) in [6.45, 7) is 8.87. The first kappa shape index (κ1) is 16.6. The van der Waals surface area contributed by atoms with E-state index in [1.807, 2.05) is 24.3 Å². The van der Waals surface area contributed by atoms with Crippen molar-refractivity contribution in [1.82, 2.24) is 0 Å². The Morgan fingerprint density at radius 1 is 1.12 bits per heavy atom. The van der Waals surface area contributed by atoms with Crippen molar-refractivity contribution in [3.63, 3.8) is 0 Å². The van der Waals surface area contributed by atoms with Crippen molar-refractivity contribution in [3.05, 3.63) is 59.4 Å². The van der Waals surface area contributed by atoms with E-state index in [1.165, 1.54) is 11.1 Å². The van der Waals surface area contributed by atoms with Crippen molar-refractivity contribution in [2.24, 2.45) is 0 Å². The summed E-state index contributed by atoms with van der Waals surface area (Å²) in [4.78, 5) is 0. The second-order valence-corrected chi connectivity index (χ2v) is 7.33. The molecular weight excluding hydrogens is 296 g/mol. The van der Waals surface area contributed by atoms with Gasteiger partial charge in [-0.15, -0.1) is 0 Å². The first-order valence-electron chi connectivity index (χ1n) is 8.71. The number of benzene rings is 2. The lowest BCUT2D eigenvalue weighted by Crippen LogP contribution is -2.19. The van der Waals surface area contributed by atoms with Gasteiger partial charge in [-0.05, 0) is 60.2 Å². The monoisotopic (exact) mass is 322 g/mol. The highest BCUT2D eigenvalue weighted by Crippen LogP contribution is 2.42. The number of aromatic hydroxyl groups is 1. The lowest BCUT2D eigenvalue weighted by molar-refractivity contribution is 0.383. The van der Waals surface area contributed by atoms with Crippen LogP contribution in [-0.2, 0) is 5.41 Å². The van der Waals surface area contributed by atoms with Crippen molar-refractivity contribution >= 4 is 10.8 Å². The standard InChI is InChI=1S/C22H26O2/c1-5-18-9-6-15(2)12-13-22(3,4)21-19-10-8-17(23)14-16(19)7-11-20(21)24-18/h6-11,14,23H,5,12-13H2,1-4H3/b15-6+,18-9+. The largest absolute Gasteiger partial charge is 0.508 e. The Bertz CT molecular complexity index is 825. The molecule has 0 saturated carbocycles. The predicted molar refractivity (Wildman–Crippen MR) is 101 cm³/mol. The Morgan fingerprint density at radius 2 is 1.92 bits per heavy atom. The molecule has 2 heteroatoms. The fraction of sp³-hybridized carbons (Fsp3) is 0.364. The fourth-order valence-corrected chi connectivity index (χ4v) is 3.40.